The van der Waals surface area contributed by atoms with Crippen LogP contribution < -0.4 is 10.1 Å². The number of carbonyl (C=O) groups excluding carboxylic acids is 1. The molecule has 0 aromatic heterocycles. The molecule has 3 aromatic carbocycles. The standard InChI is InChI=1S/C22H18ClF2NO2/c1-14(15-5-3-2-4-6-15)26-22(27)21-9-17(23)8-7-16(21)13-28-20-11-18(24)10-19(25)12-20/h2-12,14H,13H2,1H3,(H,26,27)/t14-/m0/s1. The van der Waals surface area contributed by atoms with Crippen molar-refractivity contribution in [3.63, 3.8) is 0 Å². The van der Waals surface area contributed by atoms with Crippen LogP contribution in [0.3, 0.4) is 0 Å². The van der Waals surface area contributed by atoms with E-state index in [1.54, 1.807) is 18.2 Å². The Labute approximate surface area is 166 Å². The van der Waals surface area contributed by atoms with Gasteiger partial charge in [0.1, 0.15) is 24.0 Å². The van der Waals surface area contributed by atoms with Crippen LogP contribution in [0.25, 0.3) is 0 Å². The van der Waals surface area contributed by atoms with Crippen molar-refractivity contribution >= 4 is 17.5 Å². The molecular formula is C22H18ClF2NO2. The maximum Gasteiger partial charge on any atom is 0.252 e. The van der Waals surface area contributed by atoms with Crippen molar-refractivity contribution in [2.75, 3.05) is 0 Å². The molecule has 0 radical (unpaired) electrons. The van der Waals surface area contributed by atoms with Crippen molar-refractivity contribution in [3.8, 4) is 5.75 Å². The van der Waals surface area contributed by atoms with Gasteiger partial charge in [0, 0.05) is 34.3 Å². The average molecular weight is 402 g/mol. The number of amides is 1. The maximum atomic E-state index is 13.3. The Kier molecular flexibility index (Phi) is 6.26. The summed E-state index contributed by atoms with van der Waals surface area (Å²) in [7, 11) is 0. The van der Waals surface area contributed by atoms with Crippen LogP contribution in [0, 0.1) is 11.6 Å². The van der Waals surface area contributed by atoms with Crippen molar-refractivity contribution in [3.05, 3.63) is 100 Å². The van der Waals surface area contributed by atoms with Gasteiger partial charge in [-0.3, -0.25) is 4.79 Å². The smallest absolute Gasteiger partial charge is 0.252 e. The molecule has 1 N–H and O–H groups in total. The summed E-state index contributed by atoms with van der Waals surface area (Å²) in [5.41, 5.74) is 1.85. The molecule has 0 saturated heterocycles. The Balaban J connectivity index is 1.77. The predicted molar refractivity (Wildman–Crippen MR) is 104 cm³/mol. The molecule has 1 atom stereocenters. The lowest BCUT2D eigenvalue weighted by Gasteiger charge is -2.17. The van der Waals surface area contributed by atoms with Crippen LogP contribution in [0.4, 0.5) is 8.78 Å². The maximum absolute atomic E-state index is 13.3. The molecule has 1 amide bonds. The van der Waals surface area contributed by atoms with Gasteiger partial charge in [-0.1, -0.05) is 48.0 Å². The van der Waals surface area contributed by atoms with Crippen LogP contribution in [0.5, 0.6) is 5.75 Å². The van der Waals surface area contributed by atoms with Gasteiger partial charge in [0.05, 0.1) is 6.04 Å². The number of hydrogen-bond acceptors (Lipinski definition) is 2. The van der Waals surface area contributed by atoms with Gasteiger partial charge in [0.15, 0.2) is 0 Å². The van der Waals surface area contributed by atoms with Gasteiger partial charge in [-0.2, -0.15) is 0 Å². The number of rotatable bonds is 6. The first-order valence-electron chi connectivity index (χ1n) is 8.65. The zero-order valence-corrected chi connectivity index (χ0v) is 15.8. The summed E-state index contributed by atoms with van der Waals surface area (Å²) in [5, 5.41) is 3.32. The van der Waals surface area contributed by atoms with Gasteiger partial charge in [-0.15, -0.1) is 0 Å². The number of hydrogen-bond donors (Lipinski definition) is 1. The molecule has 0 heterocycles. The summed E-state index contributed by atoms with van der Waals surface area (Å²) in [4.78, 5) is 12.8. The van der Waals surface area contributed by atoms with E-state index < -0.39 is 11.6 Å². The minimum Gasteiger partial charge on any atom is -0.489 e. The molecule has 0 fully saturated rings. The lowest BCUT2D eigenvalue weighted by Crippen LogP contribution is -2.27. The average Bonchev–Trinajstić information content (AvgIpc) is 2.67. The number of benzene rings is 3. The van der Waals surface area contributed by atoms with Gasteiger partial charge in [0.25, 0.3) is 5.91 Å². The van der Waals surface area contributed by atoms with E-state index >= 15 is 0 Å². The first-order valence-corrected chi connectivity index (χ1v) is 9.03. The molecule has 0 spiro atoms. The van der Waals surface area contributed by atoms with Crippen LogP contribution in [0.15, 0.2) is 66.7 Å². The van der Waals surface area contributed by atoms with Gasteiger partial charge >= 0.3 is 0 Å². The van der Waals surface area contributed by atoms with Crippen LogP contribution in [0.1, 0.15) is 34.5 Å². The summed E-state index contributed by atoms with van der Waals surface area (Å²) in [6, 6.07) is 17.1. The Bertz CT molecular complexity index is 959. The first kappa shape index (κ1) is 19.8. The molecule has 144 valence electrons. The zero-order chi connectivity index (χ0) is 20.1. The van der Waals surface area contributed by atoms with E-state index in [-0.39, 0.29) is 24.3 Å². The summed E-state index contributed by atoms with van der Waals surface area (Å²) in [6.45, 7) is 1.84. The zero-order valence-electron chi connectivity index (χ0n) is 15.1. The summed E-state index contributed by atoms with van der Waals surface area (Å²) < 4.78 is 32.1. The first-order chi connectivity index (χ1) is 13.4. The van der Waals surface area contributed by atoms with Crippen molar-refractivity contribution in [1.82, 2.24) is 5.32 Å². The Morgan fingerprint density at radius 3 is 2.39 bits per heavy atom. The second kappa shape index (κ2) is 8.85. The third kappa shape index (κ3) is 5.08. The van der Waals surface area contributed by atoms with Crippen molar-refractivity contribution in [1.29, 1.82) is 0 Å². The fourth-order valence-corrected chi connectivity index (χ4v) is 2.93. The van der Waals surface area contributed by atoms with E-state index in [4.69, 9.17) is 16.3 Å². The second-order valence-corrected chi connectivity index (χ2v) is 6.74. The Hall–Kier alpha value is -2.92. The van der Waals surface area contributed by atoms with Crippen molar-refractivity contribution in [2.45, 2.75) is 19.6 Å². The molecule has 6 heteroatoms. The van der Waals surface area contributed by atoms with Gasteiger partial charge < -0.3 is 10.1 Å². The lowest BCUT2D eigenvalue weighted by molar-refractivity contribution is 0.0937. The fraction of sp³-hybridized carbons (Fsp3) is 0.136. The van der Waals surface area contributed by atoms with E-state index in [1.807, 2.05) is 37.3 Å². The third-order valence-corrected chi connectivity index (χ3v) is 4.43. The van der Waals surface area contributed by atoms with Crippen LogP contribution in [-0.2, 0) is 6.61 Å². The van der Waals surface area contributed by atoms with E-state index in [0.717, 1.165) is 23.8 Å². The topological polar surface area (TPSA) is 38.3 Å². The largest absolute Gasteiger partial charge is 0.489 e. The van der Waals surface area contributed by atoms with E-state index in [0.29, 0.717) is 16.1 Å². The van der Waals surface area contributed by atoms with Crippen LogP contribution >= 0.6 is 11.6 Å². The van der Waals surface area contributed by atoms with Crippen molar-refractivity contribution in [2.24, 2.45) is 0 Å². The highest BCUT2D eigenvalue weighted by Crippen LogP contribution is 2.22. The van der Waals surface area contributed by atoms with Crippen molar-refractivity contribution < 1.29 is 18.3 Å². The molecule has 0 aliphatic carbocycles. The third-order valence-electron chi connectivity index (χ3n) is 4.19. The summed E-state index contributed by atoms with van der Waals surface area (Å²) in [5.74, 6) is -1.75. The molecule has 0 unspecified atom stereocenters. The van der Waals surface area contributed by atoms with Gasteiger partial charge in [-0.25, -0.2) is 8.78 Å². The Morgan fingerprint density at radius 1 is 1.04 bits per heavy atom. The molecule has 0 saturated carbocycles. The number of halogens is 3. The van der Waals surface area contributed by atoms with E-state index in [2.05, 4.69) is 5.32 Å². The number of nitrogens with one attached hydrogen (secondary N) is 1. The normalized spacial score (nSPS) is 11.7. The van der Waals surface area contributed by atoms with E-state index in [9.17, 15) is 13.6 Å². The SMILES string of the molecule is C[C@H](NC(=O)c1cc(Cl)ccc1COc1cc(F)cc(F)c1)c1ccccc1. The molecule has 3 nitrogen and oxygen atoms in total. The predicted octanol–water partition coefficient (Wildman–Crippen LogP) is 5.69. The lowest BCUT2D eigenvalue weighted by atomic mass is 10.1. The van der Waals surface area contributed by atoms with E-state index in [1.165, 1.54) is 0 Å². The molecule has 3 rings (SSSR count). The monoisotopic (exact) mass is 401 g/mol. The second-order valence-electron chi connectivity index (χ2n) is 6.30. The van der Waals surface area contributed by atoms with Gasteiger partial charge in [0.2, 0.25) is 0 Å². The minimum atomic E-state index is -0.735. The number of ether oxygens (including phenoxy) is 1. The Morgan fingerprint density at radius 2 is 1.71 bits per heavy atom. The summed E-state index contributed by atoms with van der Waals surface area (Å²) in [6.07, 6.45) is 0. The summed E-state index contributed by atoms with van der Waals surface area (Å²) >= 11 is 6.05. The molecule has 3 aromatic rings. The van der Waals surface area contributed by atoms with Crippen LogP contribution in [0.2, 0.25) is 5.02 Å². The molecule has 28 heavy (non-hydrogen) atoms. The quantitative estimate of drug-likeness (QED) is 0.576. The molecule has 0 aliphatic rings. The minimum absolute atomic E-state index is 0.0384. The number of carbonyl (C=O) groups is 1. The highest BCUT2D eigenvalue weighted by Gasteiger charge is 2.16. The molecule has 0 bridgehead atoms. The molecule has 0 aliphatic heterocycles. The highest BCUT2D eigenvalue weighted by atomic mass is 35.5. The highest BCUT2D eigenvalue weighted by molar-refractivity contribution is 6.31. The fourth-order valence-electron chi connectivity index (χ4n) is 2.76. The van der Waals surface area contributed by atoms with Crippen LogP contribution in [-0.4, -0.2) is 5.91 Å². The molecular weight excluding hydrogens is 384 g/mol. The van der Waals surface area contributed by atoms with Gasteiger partial charge in [-0.05, 0) is 24.6 Å².